The Balaban J connectivity index is 1.33. The fourth-order valence-electron chi connectivity index (χ4n) is 4.61. The first-order chi connectivity index (χ1) is 13.6. The summed E-state index contributed by atoms with van der Waals surface area (Å²) in [4.78, 5) is 27.6. The van der Waals surface area contributed by atoms with Crippen LogP contribution >= 0.6 is 0 Å². The predicted octanol–water partition coefficient (Wildman–Crippen LogP) is 2.48. The Kier molecular flexibility index (Phi) is 5.62. The summed E-state index contributed by atoms with van der Waals surface area (Å²) in [5.74, 6) is 0.331. The monoisotopic (exact) mass is 379 g/mol. The number of nitrogens with zero attached hydrogens (tertiary/aromatic N) is 2. The third kappa shape index (κ3) is 3.90. The normalized spacial score (nSPS) is 19.4. The van der Waals surface area contributed by atoms with Crippen LogP contribution in [0.2, 0.25) is 0 Å². The third-order valence-corrected chi connectivity index (χ3v) is 6.24. The van der Waals surface area contributed by atoms with E-state index in [1.165, 1.54) is 5.56 Å². The van der Waals surface area contributed by atoms with Crippen LogP contribution in [0.4, 0.5) is 0 Å². The quantitative estimate of drug-likeness (QED) is 0.868. The third-order valence-electron chi connectivity index (χ3n) is 6.24. The Morgan fingerprint density at radius 1 is 1.18 bits per heavy atom. The largest absolute Gasteiger partial charge is 0.351 e. The Hall–Kier alpha value is -2.40. The Labute approximate surface area is 166 Å². The zero-order valence-electron chi connectivity index (χ0n) is 16.6. The first-order valence-corrected chi connectivity index (χ1v) is 10.4. The zero-order chi connectivity index (χ0) is 19.5. The molecule has 1 N–H and O–H groups in total. The minimum atomic E-state index is -0.243. The van der Waals surface area contributed by atoms with Gasteiger partial charge in [0.1, 0.15) is 5.56 Å². The number of nitrogens with one attached hydrogen (secondary N) is 1. The molecule has 148 valence electrons. The van der Waals surface area contributed by atoms with E-state index in [1.54, 1.807) is 11.6 Å². The highest BCUT2D eigenvalue weighted by atomic mass is 16.2. The molecule has 2 heterocycles. The van der Waals surface area contributed by atoms with Gasteiger partial charge in [0.05, 0.1) is 0 Å². The second-order valence-corrected chi connectivity index (χ2v) is 8.05. The van der Waals surface area contributed by atoms with Crippen LogP contribution in [0.25, 0.3) is 0 Å². The number of aromatic nitrogens is 1. The predicted molar refractivity (Wildman–Crippen MR) is 111 cm³/mol. The number of aryl methyl sites for hydroxylation is 1. The maximum Gasteiger partial charge on any atom is 0.263 e. The van der Waals surface area contributed by atoms with E-state index in [4.69, 9.17) is 0 Å². The van der Waals surface area contributed by atoms with E-state index in [1.807, 2.05) is 6.07 Å². The summed E-state index contributed by atoms with van der Waals surface area (Å²) in [6, 6.07) is 12.5. The molecule has 1 saturated heterocycles. The Morgan fingerprint density at radius 3 is 2.79 bits per heavy atom. The highest BCUT2D eigenvalue weighted by Gasteiger charge is 2.24. The van der Waals surface area contributed by atoms with Crippen molar-refractivity contribution in [3.05, 3.63) is 69.1 Å². The first kappa shape index (κ1) is 18.9. The highest BCUT2D eigenvalue weighted by Crippen LogP contribution is 2.26. The van der Waals surface area contributed by atoms with Crippen molar-refractivity contribution in [2.75, 3.05) is 26.2 Å². The molecule has 0 unspecified atom stereocenters. The number of benzene rings is 1. The summed E-state index contributed by atoms with van der Waals surface area (Å²) in [5, 5.41) is 2.96. The number of hydrogen-bond acceptors (Lipinski definition) is 3. The second kappa shape index (κ2) is 8.31. The smallest absolute Gasteiger partial charge is 0.263 e. The summed E-state index contributed by atoms with van der Waals surface area (Å²) in [5.41, 5.74) is 3.75. The van der Waals surface area contributed by atoms with Gasteiger partial charge in [-0.2, -0.15) is 0 Å². The number of carbonyl (C=O) groups excluding carboxylic acids is 1. The average molecular weight is 380 g/mol. The zero-order valence-corrected chi connectivity index (χ0v) is 16.6. The molecular weight excluding hydrogens is 350 g/mol. The summed E-state index contributed by atoms with van der Waals surface area (Å²) in [6.07, 6.45) is 5.29. The van der Waals surface area contributed by atoms with Gasteiger partial charge in [0.25, 0.3) is 11.5 Å². The fraction of sp³-hybridized carbons (Fsp3) is 0.478. The van der Waals surface area contributed by atoms with Gasteiger partial charge >= 0.3 is 0 Å². The second-order valence-electron chi connectivity index (χ2n) is 8.05. The SMILES string of the molecule is Cn1c2c(cc(C(=O)NCCN3CC[C@H](c4ccccc4)C3)c1=O)CCCC2. The standard InChI is InChI=1S/C23H29N3O2/c1-25-21-10-6-5-9-18(21)15-20(23(25)28)22(27)24-12-14-26-13-11-19(16-26)17-7-3-2-4-8-17/h2-4,7-8,15,19H,5-6,9-14,16H2,1H3,(H,24,27)/t19-/m0/s1. The molecule has 1 aliphatic heterocycles. The van der Waals surface area contributed by atoms with Crippen LogP contribution < -0.4 is 10.9 Å². The lowest BCUT2D eigenvalue weighted by Gasteiger charge is -2.20. The maximum atomic E-state index is 12.6. The molecule has 1 aromatic heterocycles. The van der Waals surface area contributed by atoms with E-state index in [0.29, 0.717) is 12.5 Å². The molecule has 1 amide bonds. The molecule has 4 rings (SSSR count). The van der Waals surface area contributed by atoms with Crippen molar-refractivity contribution in [2.24, 2.45) is 7.05 Å². The molecule has 2 aliphatic rings. The van der Waals surface area contributed by atoms with Crippen LogP contribution in [-0.2, 0) is 19.9 Å². The number of pyridine rings is 1. The van der Waals surface area contributed by atoms with E-state index in [-0.39, 0.29) is 17.0 Å². The number of fused-ring (bicyclic) bond motifs is 1. The molecule has 0 saturated carbocycles. The summed E-state index contributed by atoms with van der Waals surface area (Å²) in [7, 11) is 1.79. The summed E-state index contributed by atoms with van der Waals surface area (Å²) < 4.78 is 1.67. The molecule has 28 heavy (non-hydrogen) atoms. The van der Waals surface area contributed by atoms with Crippen molar-refractivity contribution in [2.45, 2.75) is 38.0 Å². The topological polar surface area (TPSA) is 54.3 Å². The molecule has 5 nitrogen and oxygen atoms in total. The number of hydrogen-bond donors (Lipinski definition) is 1. The number of amides is 1. The van der Waals surface area contributed by atoms with Crippen molar-refractivity contribution >= 4 is 5.91 Å². The van der Waals surface area contributed by atoms with E-state index >= 15 is 0 Å². The van der Waals surface area contributed by atoms with Gasteiger partial charge in [0.2, 0.25) is 0 Å². The lowest BCUT2D eigenvalue weighted by Crippen LogP contribution is -2.38. The van der Waals surface area contributed by atoms with Crippen molar-refractivity contribution < 1.29 is 4.79 Å². The molecular formula is C23H29N3O2. The van der Waals surface area contributed by atoms with Gasteiger partial charge in [-0.1, -0.05) is 30.3 Å². The number of carbonyl (C=O) groups is 1. The van der Waals surface area contributed by atoms with Crippen LogP contribution in [0.1, 0.15) is 52.4 Å². The van der Waals surface area contributed by atoms with Crippen LogP contribution in [0.5, 0.6) is 0 Å². The highest BCUT2D eigenvalue weighted by molar-refractivity contribution is 5.94. The van der Waals surface area contributed by atoms with Crippen LogP contribution in [0.3, 0.4) is 0 Å². The minimum absolute atomic E-state index is 0.177. The lowest BCUT2D eigenvalue weighted by molar-refractivity contribution is 0.0947. The van der Waals surface area contributed by atoms with Crippen LogP contribution in [0.15, 0.2) is 41.2 Å². The lowest BCUT2D eigenvalue weighted by atomic mass is 9.94. The number of likely N-dealkylation sites (tertiary alicyclic amines) is 1. The van der Waals surface area contributed by atoms with Crippen molar-refractivity contribution in [1.29, 1.82) is 0 Å². The van der Waals surface area contributed by atoms with Crippen molar-refractivity contribution in [3.8, 4) is 0 Å². The van der Waals surface area contributed by atoms with E-state index in [2.05, 4.69) is 40.5 Å². The minimum Gasteiger partial charge on any atom is -0.351 e. The Bertz CT molecular complexity index is 904. The first-order valence-electron chi connectivity index (χ1n) is 10.4. The fourth-order valence-corrected chi connectivity index (χ4v) is 4.61. The Morgan fingerprint density at radius 2 is 1.96 bits per heavy atom. The van der Waals surface area contributed by atoms with Crippen LogP contribution in [0, 0.1) is 0 Å². The van der Waals surface area contributed by atoms with Gasteiger partial charge in [-0.25, -0.2) is 0 Å². The van der Waals surface area contributed by atoms with Gasteiger partial charge in [-0.15, -0.1) is 0 Å². The van der Waals surface area contributed by atoms with Crippen molar-refractivity contribution in [3.63, 3.8) is 0 Å². The molecule has 1 fully saturated rings. The molecule has 1 atom stereocenters. The molecule has 2 aromatic rings. The molecule has 5 heteroatoms. The molecule has 1 aliphatic carbocycles. The van der Waals surface area contributed by atoms with Gasteiger partial charge in [-0.05, 0) is 61.8 Å². The van der Waals surface area contributed by atoms with Gasteiger partial charge in [-0.3, -0.25) is 9.59 Å². The van der Waals surface area contributed by atoms with Crippen molar-refractivity contribution in [1.82, 2.24) is 14.8 Å². The van der Waals surface area contributed by atoms with E-state index in [0.717, 1.165) is 63.0 Å². The average Bonchev–Trinajstić information content (AvgIpc) is 3.20. The summed E-state index contributed by atoms with van der Waals surface area (Å²) >= 11 is 0. The van der Waals surface area contributed by atoms with Crippen LogP contribution in [-0.4, -0.2) is 41.6 Å². The molecule has 0 radical (unpaired) electrons. The number of rotatable bonds is 5. The van der Waals surface area contributed by atoms with Gasteiger partial charge in [0.15, 0.2) is 0 Å². The molecule has 1 aromatic carbocycles. The van der Waals surface area contributed by atoms with Gasteiger partial charge in [0, 0.05) is 32.4 Å². The maximum absolute atomic E-state index is 12.6. The molecule has 0 spiro atoms. The van der Waals surface area contributed by atoms with E-state index < -0.39 is 0 Å². The van der Waals surface area contributed by atoms with E-state index in [9.17, 15) is 9.59 Å². The summed E-state index contributed by atoms with van der Waals surface area (Å²) in [6.45, 7) is 3.47. The van der Waals surface area contributed by atoms with Gasteiger partial charge < -0.3 is 14.8 Å². The molecule has 0 bridgehead atoms.